The SMILES string of the molecule is O=C(O)CCCCCNCCCCCCCNCCOCCC(=O)O. The quantitative estimate of drug-likeness (QED) is 0.247. The van der Waals surface area contributed by atoms with Crippen molar-refractivity contribution in [3.05, 3.63) is 0 Å². The van der Waals surface area contributed by atoms with Crippen LogP contribution in [0.3, 0.4) is 0 Å². The summed E-state index contributed by atoms with van der Waals surface area (Å²) in [6.07, 6.45) is 9.23. The summed E-state index contributed by atoms with van der Waals surface area (Å²) >= 11 is 0. The molecule has 25 heavy (non-hydrogen) atoms. The van der Waals surface area contributed by atoms with Gasteiger partial charge in [0, 0.05) is 13.0 Å². The minimum atomic E-state index is -0.820. The van der Waals surface area contributed by atoms with Gasteiger partial charge < -0.3 is 25.6 Å². The molecular weight excluding hydrogens is 324 g/mol. The lowest BCUT2D eigenvalue weighted by Gasteiger charge is -2.06. The highest BCUT2D eigenvalue weighted by atomic mass is 16.5. The van der Waals surface area contributed by atoms with Gasteiger partial charge >= 0.3 is 11.9 Å². The van der Waals surface area contributed by atoms with E-state index in [9.17, 15) is 9.59 Å². The maximum atomic E-state index is 10.3. The van der Waals surface area contributed by atoms with Crippen LogP contribution in [0.5, 0.6) is 0 Å². The normalized spacial score (nSPS) is 10.9. The molecule has 0 spiro atoms. The Kier molecular flexibility index (Phi) is 18.2. The van der Waals surface area contributed by atoms with Gasteiger partial charge in [0.2, 0.25) is 0 Å². The van der Waals surface area contributed by atoms with E-state index in [0.717, 1.165) is 51.9 Å². The van der Waals surface area contributed by atoms with E-state index in [1.54, 1.807) is 0 Å². The molecule has 4 N–H and O–H groups in total. The molecule has 0 aliphatic carbocycles. The van der Waals surface area contributed by atoms with Crippen molar-refractivity contribution in [2.24, 2.45) is 0 Å². The van der Waals surface area contributed by atoms with E-state index in [1.165, 1.54) is 25.7 Å². The average molecular weight is 360 g/mol. The van der Waals surface area contributed by atoms with Crippen LogP contribution in [0.4, 0.5) is 0 Å². The molecule has 0 heterocycles. The van der Waals surface area contributed by atoms with E-state index in [4.69, 9.17) is 14.9 Å². The van der Waals surface area contributed by atoms with Gasteiger partial charge in [-0.1, -0.05) is 25.7 Å². The van der Waals surface area contributed by atoms with Crippen LogP contribution in [0.2, 0.25) is 0 Å². The van der Waals surface area contributed by atoms with Crippen LogP contribution in [-0.4, -0.2) is 61.5 Å². The third-order valence-corrected chi connectivity index (χ3v) is 3.83. The molecule has 7 nitrogen and oxygen atoms in total. The standard InChI is InChI=1S/C18H36N2O5/c21-17(22)9-5-4-8-12-19-11-6-2-1-3-7-13-20-14-16-25-15-10-18(23)24/h19-20H,1-16H2,(H,21,22)(H,23,24). The maximum absolute atomic E-state index is 10.3. The summed E-state index contributed by atoms with van der Waals surface area (Å²) in [5, 5.41) is 23.7. The van der Waals surface area contributed by atoms with E-state index in [1.807, 2.05) is 0 Å². The first kappa shape index (κ1) is 23.8. The highest BCUT2D eigenvalue weighted by molar-refractivity contribution is 5.66. The molecule has 0 saturated carbocycles. The molecule has 0 radical (unpaired) electrons. The molecule has 0 aromatic rings. The summed E-state index contributed by atoms with van der Waals surface area (Å²) < 4.78 is 5.19. The summed E-state index contributed by atoms with van der Waals surface area (Å²) in [5.74, 6) is -1.52. The smallest absolute Gasteiger partial charge is 0.305 e. The van der Waals surface area contributed by atoms with Crippen LogP contribution < -0.4 is 10.6 Å². The topological polar surface area (TPSA) is 108 Å². The Hall–Kier alpha value is -1.18. The van der Waals surface area contributed by atoms with Crippen molar-refractivity contribution in [3.63, 3.8) is 0 Å². The Balaban J connectivity index is 3.00. The van der Waals surface area contributed by atoms with E-state index in [2.05, 4.69) is 10.6 Å². The second-order valence-electron chi connectivity index (χ2n) is 6.23. The van der Waals surface area contributed by atoms with Crippen LogP contribution in [0.1, 0.15) is 64.2 Å². The summed E-state index contributed by atoms with van der Waals surface area (Å²) in [6.45, 7) is 4.64. The number of rotatable bonds is 20. The Morgan fingerprint density at radius 3 is 1.64 bits per heavy atom. The number of nitrogens with one attached hydrogen (secondary N) is 2. The van der Waals surface area contributed by atoms with Crippen LogP contribution in [-0.2, 0) is 14.3 Å². The Morgan fingerprint density at radius 1 is 0.600 bits per heavy atom. The number of carbonyl (C=O) groups is 2. The van der Waals surface area contributed by atoms with E-state index in [-0.39, 0.29) is 19.4 Å². The Bertz CT molecular complexity index is 297. The molecule has 0 rings (SSSR count). The number of unbranched alkanes of at least 4 members (excludes halogenated alkanes) is 6. The van der Waals surface area contributed by atoms with Gasteiger partial charge in [-0.05, 0) is 45.3 Å². The minimum absolute atomic E-state index is 0.0690. The zero-order chi connectivity index (χ0) is 18.6. The predicted molar refractivity (Wildman–Crippen MR) is 98.0 cm³/mol. The number of hydrogen-bond donors (Lipinski definition) is 4. The molecule has 0 aliphatic rings. The molecule has 0 aliphatic heterocycles. The van der Waals surface area contributed by atoms with Crippen molar-refractivity contribution < 1.29 is 24.5 Å². The molecule has 0 atom stereocenters. The molecule has 148 valence electrons. The lowest BCUT2D eigenvalue weighted by atomic mass is 10.1. The van der Waals surface area contributed by atoms with E-state index < -0.39 is 11.9 Å². The number of ether oxygens (including phenoxy) is 1. The average Bonchev–Trinajstić information content (AvgIpc) is 2.56. The first-order valence-electron chi connectivity index (χ1n) is 9.55. The monoisotopic (exact) mass is 360 g/mol. The zero-order valence-electron chi connectivity index (χ0n) is 15.4. The molecule has 0 saturated heterocycles. The predicted octanol–water partition coefficient (Wildman–Crippen LogP) is 2.25. The van der Waals surface area contributed by atoms with Crippen LogP contribution in [0, 0.1) is 0 Å². The van der Waals surface area contributed by atoms with Crippen molar-refractivity contribution in [2.75, 3.05) is 39.4 Å². The summed E-state index contributed by atoms with van der Waals surface area (Å²) in [6, 6.07) is 0. The number of carboxylic acids is 2. The molecule has 0 unspecified atom stereocenters. The fourth-order valence-corrected chi connectivity index (χ4v) is 2.39. The Morgan fingerprint density at radius 2 is 1.08 bits per heavy atom. The lowest BCUT2D eigenvalue weighted by molar-refractivity contribution is -0.138. The fraction of sp³-hybridized carbons (Fsp3) is 0.889. The van der Waals surface area contributed by atoms with Gasteiger partial charge in [0.15, 0.2) is 0 Å². The van der Waals surface area contributed by atoms with Crippen LogP contribution >= 0.6 is 0 Å². The highest BCUT2D eigenvalue weighted by Gasteiger charge is 1.97. The van der Waals surface area contributed by atoms with Gasteiger partial charge in [-0.2, -0.15) is 0 Å². The molecule has 0 aromatic carbocycles. The fourth-order valence-electron chi connectivity index (χ4n) is 2.39. The second-order valence-corrected chi connectivity index (χ2v) is 6.23. The highest BCUT2D eigenvalue weighted by Crippen LogP contribution is 2.02. The zero-order valence-corrected chi connectivity index (χ0v) is 15.4. The number of carboxylic acid groups (broad SMARTS) is 2. The minimum Gasteiger partial charge on any atom is -0.481 e. The third-order valence-electron chi connectivity index (χ3n) is 3.83. The largest absolute Gasteiger partial charge is 0.481 e. The first-order valence-corrected chi connectivity index (χ1v) is 9.55. The van der Waals surface area contributed by atoms with Gasteiger partial charge in [0.1, 0.15) is 0 Å². The molecule has 0 aromatic heterocycles. The summed E-state index contributed by atoms with van der Waals surface area (Å²) in [7, 11) is 0. The lowest BCUT2D eigenvalue weighted by Crippen LogP contribution is -2.21. The summed E-state index contributed by atoms with van der Waals surface area (Å²) in [5.41, 5.74) is 0. The number of aliphatic carboxylic acids is 2. The molecule has 0 bridgehead atoms. The first-order chi connectivity index (χ1) is 12.1. The van der Waals surface area contributed by atoms with Gasteiger partial charge in [-0.15, -0.1) is 0 Å². The van der Waals surface area contributed by atoms with Crippen molar-refractivity contribution in [3.8, 4) is 0 Å². The van der Waals surface area contributed by atoms with Crippen LogP contribution in [0.25, 0.3) is 0 Å². The van der Waals surface area contributed by atoms with Gasteiger partial charge in [-0.3, -0.25) is 9.59 Å². The van der Waals surface area contributed by atoms with Gasteiger partial charge in [0.25, 0.3) is 0 Å². The van der Waals surface area contributed by atoms with Crippen molar-refractivity contribution in [1.82, 2.24) is 10.6 Å². The second kappa shape index (κ2) is 19.1. The molecular formula is C18H36N2O5. The van der Waals surface area contributed by atoms with Crippen molar-refractivity contribution in [1.29, 1.82) is 0 Å². The molecule has 0 amide bonds. The summed E-state index contributed by atoms with van der Waals surface area (Å²) in [4.78, 5) is 20.6. The number of hydrogen-bond acceptors (Lipinski definition) is 5. The van der Waals surface area contributed by atoms with E-state index in [0.29, 0.717) is 6.61 Å². The molecule has 0 fully saturated rings. The third kappa shape index (κ3) is 22.8. The van der Waals surface area contributed by atoms with Gasteiger partial charge in [0.05, 0.1) is 19.6 Å². The maximum Gasteiger partial charge on any atom is 0.305 e. The van der Waals surface area contributed by atoms with Crippen molar-refractivity contribution >= 4 is 11.9 Å². The Labute approximate surface area is 151 Å². The molecule has 7 heteroatoms. The van der Waals surface area contributed by atoms with Crippen LogP contribution in [0.15, 0.2) is 0 Å². The van der Waals surface area contributed by atoms with Crippen molar-refractivity contribution in [2.45, 2.75) is 64.2 Å². The van der Waals surface area contributed by atoms with Gasteiger partial charge in [-0.25, -0.2) is 0 Å². The van der Waals surface area contributed by atoms with E-state index >= 15 is 0 Å².